The summed E-state index contributed by atoms with van der Waals surface area (Å²) in [7, 11) is -3.39. The number of benzene rings is 1. The molecule has 0 atom stereocenters. The molecule has 0 aromatic heterocycles. The van der Waals surface area contributed by atoms with Crippen molar-refractivity contribution in [1.82, 2.24) is 4.31 Å². The van der Waals surface area contributed by atoms with Gasteiger partial charge in [0, 0.05) is 11.7 Å². The Labute approximate surface area is 132 Å². The molecule has 5 nitrogen and oxygen atoms in total. The number of hydrogen-bond acceptors (Lipinski definition) is 3. The van der Waals surface area contributed by atoms with Crippen LogP contribution in [-0.4, -0.2) is 37.5 Å². The van der Waals surface area contributed by atoms with Gasteiger partial charge in [-0.3, -0.25) is 4.79 Å². The number of amides is 1. The number of nitrogens with one attached hydrogen (secondary N) is 1. The monoisotopic (exact) mass is 324 g/mol. The molecule has 0 unspecified atom stereocenters. The van der Waals surface area contributed by atoms with Crippen molar-refractivity contribution in [3.63, 3.8) is 0 Å². The van der Waals surface area contributed by atoms with Gasteiger partial charge in [0.1, 0.15) is 0 Å². The number of carbonyl (C=O) groups is 1. The average molecular weight is 324 g/mol. The van der Waals surface area contributed by atoms with E-state index >= 15 is 0 Å². The first-order chi connectivity index (χ1) is 10.4. The lowest BCUT2D eigenvalue weighted by atomic mass is 9.95. The van der Waals surface area contributed by atoms with Crippen LogP contribution in [0.4, 0.5) is 5.69 Å². The molecule has 0 bridgehead atoms. The van der Waals surface area contributed by atoms with Gasteiger partial charge in [-0.25, -0.2) is 8.42 Å². The second-order valence-corrected chi connectivity index (χ2v) is 7.95. The molecule has 2 rings (SSSR count). The van der Waals surface area contributed by atoms with Crippen molar-refractivity contribution >= 4 is 21.6 Å². The fraction of sp³-hybridized carbons (Fsp3) is 0.562. The Morgan fingerprint density at radius 2 is 1.95 bits per heavy atom. The minimum absolute atomic E-state index is 0.0491. The topological polar surface area (TPSA) is 66.5 Å². The molecule has 1 aromatic carbocycles. The molecule has 0 heterocycles. The highest BCUT2D eigenvalue weighted by Gasteiger charge is 2.29. The highest BCUT2D eigenvalue weighted by Crippen LogP contribution is 2.24. The largest absolute Gasteiger partial charge is 0.325 e. The van der Waals surface area contributed by atoms with Crippen LogP contribution in [0.3, 0.4) is 0 Å². The van der Waals surface area contributed by atoms with Crippen LogP contribution in [0.1, 0.15) is 37.7 Å². The lowest BCUT2D eigenvalue weighted by Gasteiger charge is -2.31. The van der Waals surface area contributed by atoms with E-state index in [0.29, 0.717) is 5.69 Å². The normalized spacial score (nSPS) is 16.7. The summed E-state index contributed by atoms with van der Waals surface area (Å²) in [5, 5.41) is 2.78. The van der Waals surface area contributed by atoms with Crippen molar-refractivity contribution in [2.75, 3.05) is 18.1 Å². The molecule has 6 heteroatoms. The Hall–Kier alpha value is -1.40. The van der Waals surface area contributed by atoms with Gasteiger partial charge < -0.3 is 5.32 Å². The molecule has 122 valence electrons. The van der Waals surface area contributed by atoms with Gasteiger partial charge >= 0.3 is 0 Å². The lowest BCUT2D eigenvalue weighted by molar-refractivity contribution is -0.116. The van der Waals surface area contributed by atoms with Gasteiger partial charge in [0.25, 0.3) is 0 Å². The fourth-order valence-corrected chi connectivity index (χ4v) is 4.06. The van der Waals surface area contributed by atoms with E-state index in [1.807, 2.05) is 25.1 Å². The average Bonchev–Trinajstić information content (AvgIpc) is 2.44. The SMILES string of the molecule is Cc1cccc(NC(=O)CN(C2CCCCC2)S(C)(=O)=O)c1. The van der Waals surface area contributed by atoms with E-state index in [1.165, 1.54) is 10.6 Å². The second kappa shape index (κ2) is 7.24. The van der Waals surface area contributed by atoms with Gasteiger partial charge in [0.05, 0.1) is 12.8 Å². The van der Waals surface area contributed by atoms with Gasteiger partial charge in [-0.05, 0) is 37.5 Å². The molecular formula is C16H24N2O3S. The molecule has 0 radical (unpaired) electrons. The summed E-state index contributed by atoms with van der Waals surface area (Å²) in [5.41, 5.74) is 1.74. The first-order valence-electron chi connectivity index (χ1n) is 7.69. The van der Waals surface area contributed by atoms with E-state index in [-0.39, 0.29) is 18.5 Å². The molecule has 0 spiro atoms. The predicted octanol–water partition coefficient (Wildman–Crippen LogP) is 2.53. The van der Waals surface area contributed by atoms with E-state index in [1.54, 1.807) is 6.07 Å². The van der Waals surface area contributed by atoms with Gasteiger partial charge in [0.2, 0.25) is 15.9 Å². The summed E-state index contributed by atoms with van der Waals surface area (Å²) >= 11 is 0. The number of nitrogens with zero attached hydrogens (tertiary/aromatic N) is 1. The molecule has 22 heavy (non-hydrogen) atoms. The standard InChI is InChI=1S/C16H24N2O3S/c1-13-7-6-8-14(11-13)17-16(19)12-18(22(2,20)21)15-9-4-3-5-10-15/h6-8,11,15H,3-5,9-10,12H2,1-2H3,(H,17,19). The van der Waals surface area contributed by atoms with Crippen molar-refractivity contribution < 1.29 is 13.2 Å². The molecule has 1 aliphatic carbocycles. The smallest absolute Gasteiger partial charge is 0.239 e. The van der Waals surface area contributed by atoms with Crippen LogP contribution >= 0.6 is 0 Å². The zero-order valence-electron chi connectivity index (χ0n) is 13.2. The van der Waals surface area contributed by atoms with Crippen molar-refractivity contribution in [3.05, 3.63) is 29.8 Å². The summed E-state index contributed by atoms with van der Waals surface area (Å²) < 4.78 is 25.4. The van der Waals surface area contributed by atoms with Crippen molar-refractivity contribution in [2.45, 2.75) is 45.1 Å². The zero-order chi connectivity index (χ0) is 16.2. The maximum atomic E-state index is 12.2. The van der Waals surface area contributed by atoms with Crippen LogP contribution in [-0.2, 0) is 14.8 Å². The number of rotatable bonds is 5. The van der Waals surface area contributed by atoms with E-state index in [9.17, 15) is 13.2 Å². The zero-order valence-corrected chi connectivity index (χ0v) is 14.0. The molecule has 1 saturated carbocycles. The third-order valence-corrected chi connectivity index (χ3v) is 5.29. The second-order valence-electron chi connectivity index (χ2n) is 6.02. The Morgan fingerprint density at radius 1 is 1.27 bits per heavy atom. The van der Waals surface area contributed by atoms with Crippen LogP contribution in [0, 0.1) is 6.92 Å². The quantitative estimate of drug-likeness (QED) is 0.905. The molecule has 1 amide bonds. The number of aryl methyl sites for hydroxylation is 1. The summed E-state index contributed by atoms with van der Waals surface area (Å²) in [6.45, 7) is 1.83. The molecule has 1 fully saturated rings. The Morgan fingerprint density at radius 3 is 2.55 bits per heavy atom. The van der Waals surface area contributed by atoms with Crippen molar-refractivity contribution in [3.8, 4) is 0 Å². The molecule has 1 N–H and O–H groups in total. The molecular weight excluding hydrogens is 300 g/mol. The van der Waals surface area contributed by atoms with Crippen LogP contribution in [0.15, 0.2) is 24.3 Å². The molecule has 1 aliphatic rings. The first-order valence-corrected chi connectivity index (χ1v) is 9.54. The maximum Gasteiger partial charge on any atom is 0.239 e. The summed E-state index contributed by atoms with van der Waals surface area (Å²) in [6.07, 6.45) is 6.05. The van der Waals surface area contributed by atoms with E-state index in [2.05, 4.69) is 5.32 Å². The van der Waals surface area contributed by atoms with Gasteiger partial charge in [-0.1, -0.05) is 31.4 Å². The number of carbonyl (C=O) groups excluding carboxylic acids is 1. The summed E-state index contributed by atoms with van der Waals surface area (Å²) in [6, 6.07) is 7.42. The minimum Gasteiger partial charge on any atom is -0.325 e. The molecule has 0 aliphatic heterocycles. The third-order valence-electron chi connectivity index (χ3n) is 4.01. The minimum atomic E-state index is -3.39. The molecule has 0 saturated heterocycles. The number of anilines is 1. The fourth-order valence-electron chi connectivity index (χ4n) is 2.95. The summed E-state index contributed by atoms with van der Waals surface area (Å²) in [5.74, 6) is -0.290. The van der Waals surface area contributed by atoms with Gasteiger partial charge in [0.15, 0.2) is 0 Å². The van der Waals surface area contributed by atoms with Crippen LogP contribution in [0.5, 0.6) is 0 Å². The van der Waals surface area contributed by atoms with E-state index in [0.717, 1.165) is 37.7 Å². The first kappa shape index (κ1) is 17.0. The van der Waals surface area contributed by atoms with Crippen molar-refractivity contribution in [2.24, 2.45) is 0 Å². The van der Waals surface area contributed by atoms with Gasteiger partial charge in [-0.2, -0.15) is 4.31 Å². The third kappa shape index (κ3) is 4.81. The Bertz CT molecular complexity index is 622. The number of hydrogen-bond donors (Lipinski definition) is 1. The predicted molar refractivity (Wildman–Crippen MR) is 88.2 cm³/mol. The molecule has 1 aromatic rings. The summed E-state index contributed by atoms with van der Waals surface area (Å²) in [4.78, 5) is 12.2. The Kier molecular flexibility index (Phi) is 5.58. The highest BCUT2D eigenvalue weighted by atomic mass is 32.2. The van der Waals surface area contributed by atoms with Crippen molar-refractivity contribution in [1.29, 1.82) is 0 Å². The van der Waals surface area contributed by atoms with Crippen LogP contribution in [0.2, 0.25) is 0 Å². The van der Waals surface area contributed by atoms with E-state index in [4.69, 9.17) is 0 Å². The maximum absolute atomic E-state index is 12.2. The van der Waals surface area contributed by atoms with E-state index < -0.39 is 10.0 Å². The van der Waals surface area contributed by atoms with Crippen LogP contribution < -0.4 is 5.32 Å². The lowest BCUT2D eigenvalue weighted by Crippen LogP contribution is -2.45. The number of sulfonamides is 1. The van der Waals surface area contributed by atoms with Crippen LogP contribution in [0.25, 0.3) is 0 Å². The Balaban J connectivity index is 2.05. The highest BCUT2D eigenvalue weighted by molar-refractivity contribution is 7.88. The van der Waals surface area contributed by atoms with Gasteiger partial charge in [-0.15, -0.1) is 0 Å².